The van der Waals surface area contributed by atoms with Gasteiger partial charge < -0.3 is 19.3 Å². The molecule has 126 valence electrons. The van der Waals surface area contributed by atoms with Crippen LogP contribution in [0.4, 0.5) is 0 Å². The maximum Gasteiger partial charge on any atom is 0.207 e. The first-order chi connectivity index (χ1) is 11.2. The van der Waals surface area contributed by atoms with E-state index in [1.807, 2.05) is 19.1 Å². The van der Waals surface area contributed by atoms with Gasteiger partial charge >= 0.3 is 0 Å². The molecule has 0 bridgehead atoms. The van der Waals surface area contributed by atoms with Gasteiger partial charge in [0.2, 0.25) is 11.5 Å². The van der Waals surface area contributed by atoms with Gasteiger partial charge in [-0.3, -0.25) is 0 Å². The van der Waals surface area contributed by atoms with Gasteiger partial charge in [-0.2, -0.15) is 0 Å². The van der Waals surface area contributed by atoms with Crippen molar-refractivity contribution in [2.45, 2.75) is 39.5 Å². The zero-order valence-electron chi connectivity index (χ0n) is 14.4. The molecule has 0 fully saturated rings. The number of rotatable bonds is 7. The molecule has 23 heavy (non-hydrogen) atoms. The summed E-state index contributed by atoms with van der Waals surface area (Å²) in [6.45, 7) is 4.65. The Morgan fingerprint density at radius 1 is 1.22 bits per heavy atom. The molecule has 0 saturated heterocycles. The van der Waals surface area contributed by atoms with Crippen molar-refractivity contribution in [1.29, 1.82) is 0 Å². The molecule has 4 nitrogen and oxygen atoms in total. The van der Waals surface area contributed by atoms with Crippen LogP contribution in [0, 0.1) is 0 Å². The molecule has 0 spiro atoms. The van der Waals surface area contributed by atoms with E-state index in [0.29, 0.717) is 30.3 Å². The van der Waals surface area contributed by atoms with E-state index in [4.69, 9.17) is 14.2 Å². The van der Waals surface area contributed by atoms with Crippen molar-refractivity contribution in [3.63, 3.8) is 0 Å². The number of allylic oxidation sites excluding steroid dienone is 3. The predicted octanol–water partition coefficient (Wildman–Crippen LogP) is 4.49. The second-order valence-corrected chi connectivity index (χ2v) is 5.53. The lowest BCUT2D eigenvalue weighted by atomic mass is 9.95. The molecule has 1 aromatic rings. The normalized spacial score (nSPS) is 15.0. The molecule has 0 unspecified atom stereocenters. The molecule has 2 rings (SSSR count). The van der Waals surface area contributed by atoms with Crippen molar-refractivity contribution in [3.05, 3.63) is 29.4 Å². The second kappa shape index (κ2) is 7.95. The van der Waals surface area contributed by atoms with Crippen LogP contribution < -0.4 is 14.2 Å². The topological polar surface area (TPSA) is 47.9 Å². The molecule has 0 aromatic heterocycles. The van der Waals surface area contributed by atoms with Gasteiger partial charge in [0.1, 0.15) is 6.61 Å². The van der Waals surface area contributed by atoms with Crippen LogP contribution in [0.2, 0.25) is 0 Å². The van der Waals surface area contributed by atoms with Crippen LogP contribution in [-0.4, -0.2) is 25.9 Å². The van der Waals surface area contributed by atoms with Gasteiger partial charge in [0.25, 0.3) is 0 Å². The summed E-state index contributed by atoms with van der Waals surface area (Å²) in [5.41, 5.74) is 2.90. The lowest BCUT2D eigenvalue weighted by molar-refractivity contribution is 0.306. The number of aromatic hydroxyl groups is 1. The SMILES string of the molecule is C/C=C/Cc1c(O)c(OC)c(OC)c2c1/C(=C/CCCC)CO2. The zero-order valence-corrected chi connectivity index (χ0v) is 14.4. The van der Waals surface area contributed by atoms with Gasteiger partial charge in [0.05, 0.1) is 14.2 Å². The molecule has 1 aliphatic rings. The first kappa shape index (κ1) is 17.3. The predicted molar refractivity (Wildman–Crippen MR) is 92.7 cm³/mol. The fourth-order valence-electron chi connectivity index (χ4n) is 2.87. The number of unbranched alkanes of at least 4 members (excludes halogenated alkanes) is 2. The van der Waals surface area contributed by atoms with Crippen molar-refractivity contribution >= 4 is 5.57 Å². The van der Waals surface area contributed by atoms with E-state index in [1.54, 1.807) is 7.11 Å². The molecule has 0 atom stereocenters. The molecule has 1 aliphatic heterocycles. The Hall–Kier alpha value is -2.10. The third-order valence-corrected chi connectivity index (χ3v) is 4.05. The van der Waals surface area contributed by atoms with Crippen molar-refractivity contribution in [2.24, 2.45) is 0 Å². The lowest BCUT2D eigenvalue weighted by Gasteiger charge is -2.17. The van der Waals surface area contributed by atoms with E-state index in [9.17, 15) is 5.11 Å². The number of hydrogen-bond acceptors (Lipinski definition) is 4. The van der Waals surface area contributed by atoms with Gasteiger partial charge in [0, 0.05) is 11.1 Å². The van der Waals surface area contributed by atoms with Gasteiger partial charge in [-0.05, 0) is 25.3 Å². The molecule has 0 radical (unpaired) electrons. The summed E-state index contributed by atoms with van der Waals surface area (Å²) in [6, 6.07) is 0. The van der Waals surface area contributed by atoms with Crippen LogP contribution in [0.5, 0.6) is 23.0 Å². The number of hydrogen-bond donors (Lipinski definition) is 1. The van der Waals surface area contributed by atoms with Crippen LogP contribution in [0.25, 0.3) is 5.57 Å². The van der Waals surface area contributed by atoms with Crippen molar-refractivity contribution in [1.82, 2.24) is 0 Å². The van der Waals surface area contributed by atoms with Crippen molar-refractivity contribution in [2.75, 3.05) is 20.8 Å². The number of phenolic OH excluding ortho intramolecular Hbond substituents is 1. The maximum atomic E-state index is 10.7. The molecule has 0 saturated carbocycles. The molecule has 1 heterocycles. The number of ether oxygens (including phenoxy) is 3. The Labute approximate surface area is 138 Å². The number of phenols is 1. The molecular formula is C19H26O4. The van der Waals surface area contributed by atoms with E-state index < -0.39 is 0 Å². The third kappa shape index (κ3) is 3.31. The maximum absolute atomic E-state index is 10.7. The molecule has 0 aliphatic carbocycles. The summed E-state index contributed by atoms with van der Waals surface area (Å²) in [5.74, 6) is 1.60. The Kier molecular flexibility index (Phi) is 5.97. The largest absolute Gasteiger partial charge is 0.504 e. The number of fused-ring (bicyclic) bond motifs is 1. The Morgan fingerprint density at radius 3 is 2.57 bits per heavy atom. The third-order valence-electron chi connectivity index (χ3n) is 4.05. The van der Waals surface area contributed by atoms with E-state index in [0.717, 1.165) is 36.0 Å². The molecular weight excluding hydrogens is 292 g/mol. The Morgan fingerprint density at radius 2 is 1.96 bits per heavy atom. The minimum atomic E-state index is 0.132. The molecule has 1 N–H and O–H groups in total. The van der Waals surface area contributed by atoms with Crippen molar-refractivity contribution in [3.8, 4) is 23.0 Å². The van der Waals surface area contributed by atoms with Crippen LogP contribution in [0.3, 0.4) is 0 Å². The van der Waals surface area contributed by atoms with E-state index in [2.05, 4.69) is 13.0 Å². The van der Waals surface area contributed by atoms with Crippen LogP contribution in [0.15, 0.2) is 18.2 Å². The Bertz CT molecular complexity index is 615. The first-order valence-corrected chi connectivity index (χ1v) is 8.12. The van der Waals surface area contributed by atoms with Gasteiger partial charge in [-0.25, -0.2) is 0 Å². The molecule has 1 aromatic carbocycles. The number of benzene rings is 1. The lowest BCUT2D eigenvalue weighted by Crippen LogP contribution is -1.98. The summed E-state index contributed by atoms with van der Waals surface area (Å²) in [5, 5.41) is 10.7. The van der Waals surface area contributed by atoms with E-state index in [-0.39, 0.29) is 5.75 Å². The highest BCUT2D eigenvalue weighted by molar-refractivity contribution is 5.84. The Balaban J connectivity index is 2.61. The minimum Gasteiger partial charge on any atom is -0.504 e. The van der Waals surface area contributed by atoms with Gasteiger partial charge in [-0.1, -0.05) is 38.0 Å². The fourth-order valence-corrected chi connectivity index (χ4v) is 2.87. The van der Waals surface area contributed by atoms with Gasteiger partial charge in [-0.15, -0.1) is 0 Å². The van der Waals surface area contributed by atoms with E-state index in [1.165, 1.54) is 7.11 Å². The minimum absolute atomic E-state index is 0.132. The van der Waals surface area contributed by atoms with Crippen LogP contribution >= 0.6 is 0 Å². The van der Waals surface area contributed by atoms with Crippen molar-refractivity contribution < 1.29 is 19.3 Å². The smallest absolute Gasteiger partial charge is 0.207 e. The summed E-state index contributed by atoms with van der Waals surface area (Å²) in [7, 11) is 3.09. The summed E-state index contributed by atoms with van der Waals surface area (Å²) < 4.78 is 16.7. The zero-order chi connectivity index (χ0) is 16.8. The van der Waals surface area contributed by atoms with Crippen LogP contribution in [0.1, 0.15) is 44.2 Å². The summed E-state index contributed by atoms with van der Waals surface area (Å²) in [4.78, 5) is 0. The summed E-state index contributed by atoms with van der Waals surface area (Å²) >= 11 is 0. The van der Waals surface area contributed by atoms with Gasteiger partial charge in [0.15, 0.2) is 11.5 Å². The van der Waals surface area contributed by atoms with Crippen LogP contribution in [-0.2, 0) is 6.42 Å². The average molecular weight is 318 g/mol. The van der Waals surface area contributed by atoms with E-state index >= 15 is 0 Å². The number of methoxy groups -OCH3 is 2. The standard InChI is InChI=1S/C19H26O4/c1-5-7-9-10-13-12-23-17-15(13)14(11-8-6-2)16(20)18(21-3)19(17)22-4/h6,8,10,20H,5,7,9,11-12H2,1-4H3/b8-6+,13-10+. The first-order valence-electron chi connectivity index (χ1n) is 8.12. The highest BCUT2D eigenvalue weighted by Gasteiger charge is 2.31. The monoisotopic (exact) mass is 318 g/mol. The second-order valence-electron chi connectivity index (χ2n) is 5.53. The summed E-state index contributed by atoms with van der Waals surface area (Å²) in [6.07, 6.45) is 10.1. The fraction of sp³-hybridized carbons (Fsp3) is 0.474. The highest BCUT2D eigenvalue weighted by Crippen LogP contribution is 2.54. The molecule has 4 heteroatoms. The quantitative estimate of drug-likeness (QED) is 0.594. The molecule has 0 amide bonds. The highest BCUT2D eigenvalue weighted by atomic mass is 16.5. The average Bonchev–Trinajstić information content (AvgIpc) is 2.97.